The van der Waals surface area contributed by atoms with Gasteiger partial charge in [0, 0.05) is 6.42 Å². The Labute approximate surface area is 111 Å². The molecule has 2 heteroatoms. The second-order valence-corrected chi connectivity index (χ2v) is 10.2. The molecule has 2 rings (SSSR count). The minimum absolute atomic E-state index is 1.09. The van der Waals surface area contributed by atoms with Crippen LogP contribution < -0.4 is 0 Å². The molecule has 0 saturated carbocycles. The molecule has 0 aliphatic heterocycles. The lowest BCUT2D eigenvalue weighted by atomic mass is 9.98. The Bertz CT molecular complexity index is 452. The SMILES string of the molecule is C[Si](C)(C)OC1=C/C(=C/c2ccccc2)CCC1. The van der Waals surface area contributed by atoms with Gasteiger partial charge in [0.2, 0.25) is 8.32 Å². The molecule has 0 saturated heterocycles. The number of rotatable bonds is 3. The summed E-state index contributed by atoms with van der Waals surface area (Å²) in [5.74, 6) is 1.18. The second-order valence-electron chi connectivity index (χ2n) is 5.81. The Morgan fingerprint density at radius 2 is 1.78 bits per heavy atom. The van der Waals surface area contributed by atoms with Crippen LogP contribution in [0.4, 0.5) is 0 Å². The van der Waals surface area contributed by atoms with Crippen molar-refractivity contribution in [2.75, 3.05) is 0 Å². The van der Waals surface area contributed by atoms with E-state index in [4.69, 9.17) is 4.43 Å². The molecular weight excluding hydrogens is 236 g/mol. The van der Waals surface area contributed by atoms with Crippen LogP contribution in [0, 0.1) is 0 Å². The van der Waals surface area contributed by atoms with E-state index in [2.05, 4.69) is 62.1 Å². The largest absolute Gasteiger partial charge is 0.547 e. The minimum atomic E-state index is -1.46. The first-order chi connectivity index (χ1) is 8.53. The summed E-state index contributed by atoms with van der Waals surface area (Å²) in [4.78, 5) is 0. The fourth-order valence-corrected chi connectivity index (χ4v) is 3.12. The lowest BCUT2D eigenvalue weighted by Gasteiger charge is -2.24. The summed E-state index contributed by atoms with van der Waals surface area (Å²) in [6.45, 7) is 6.72. The summed E-state index contributed by atoms with van der Waals surface area (Å²) < 4.78 is 6.11. The molecule has 0 atom stereocenters. The average Bonchev–Trinajstić information content (AvgIpc) is 2.28. The average molecular weight is 258 g/mol. The predicted octanol–water partition coefficient (Wildman–Crippen LogP) is 4.99. The van der Waals surface area contributed by atoms with Gasteiger partial charge in [0.15, 0.2) is 0 Å². The van der Waals surface area contributed by atoms with E-state index in [0.29, 0.717) is 0 Å². The van der Waals surface area contributed by atoms with Crippen LogP contribution in [-0.4, -0.2) is 8.32 Å². The zero-order valence-corrected chi connectivity index (χ0v) is 12.6. The van der Waals surface area contributed by atoms with Crippen LogP contribution in [0.25, 0.3) is 6.08 Å². The van der Waals surface area contributed by atoms with E-state index in [-0.39, 0.29) is 0 Å². The Kier molecular flexibility index (Phi) is 4.07. The van der Waals surface area contributed by atoms with Gasteiger partial charge in [-0.2, -0.15) is 0 Å². The summed E-state index contributed by atoms with van der Waals surface area (Å²) >= 11 is 0. The summed E-state index contributed by atoms with van der Waals surface area (Å²) in [7, 11) is -1.46. The third-order valence-electron chi connectivity index (χ3n) is 2.82. The number of benzene rings is 1. The molecule has 0 radical (unpaired) electrons. The van der Waals surface area contributed by atoms with Crippen molar-refractivity contribution < 1.29 is 4.43 Å². The van der Waals surface area contributed by atoms with Crippen LogP contribution >= 0.6 is 0 Å². The van der Waals surface area contributed by atoms with Crippen molar-refractivity contribution >= 4 is 14.4 Å². The Balaban J connectivity index is 2.15. The first-order valence-corrected chi connectivity index (χ1v) is 10.1. The van der Waals surface area contributed by atoms with Crippen LogP contribution in [0.3, 0.4) is 0 Å². The van der Waals surface area contributed by atoms with E-state index in [1.165, 1.54) is 23.3 Å². The molecule has 18 heavy (non-hydrogen) atoms. The fourth-order valence-electron chi connectivity index (χ4n) is 2.17. The summed E-state index contributed by atoms with van der Waals surface area (Å²) in [5.41, 5.74) is 2.67. The first kappa shape index (κ1) is 13.2. The predicted molar refractivity (Wildman–Crippen MR) is 80.8 cm³/mol. The van der Waals surface area contributed by atoms with Crippen molar-refractivity contribution in [2.45, 2.75) is 38.9 Å². The van der Waals surface area contributed by atoms with E-state index in [0.717, 1.165) is 12.8 Å². The van der Waals surface area contributed by atoms with Crippen molar-refractivity contribution in [1.29, 1.82) is 0 Å². The highest BCUT2D eigenvalue weighted by Crippen LogP contribution is 2.26. The van der Waals surface area contributed by atoms with Gasteiger partial charge in [-0.25, -0.2) is 0 Å². The Hall–Kier alpha value is -1.28. The molecule has 0 spiro atoms. The quantitative estimate of drug-likeness (QED) is 0.694. The number of hydrogen-bond acceptors (Lipinski definition) is 1. The highest BCUT2D eigenvalue weighted by atomic mass is 28.4. The minimum Gasteiger partial charge on any atom is -0.547 e. The molecule has 0 heterocycles. The molecule has 1 aliphatic carbocycles. The smallest absolute Gasteiger partial charge is 0.241 e. The second kappa shape index (κ2) is 5.57. The van der Waals surface area contributed by atoms with Crippen LogP contribution in [0.1, 0.15) is 24.8 Å². The highest BCUT2D eigenvalue weighted by Gasteiger charge is 2.19. The molecule has 0 bridgehead atoms. The van der Waals surface area contributed by atoms with Gasteiger partial charge in [0.05, 0.1) is 5.76 Å². The van der Waals surface area contributed by atoms with E-state index >= 15 is 0 Å². The van der Waals surface area contributed by atoms with Gasteiger partial charge in [-0.1, -0.05) is 36.4 Å². The monoisotopic (exact) mass is 258 g/mol. The molecule has 1 nitrogen and oxygen atoms in total. The van der Waals surface area contributed by atoms with Crippen molar-refractivity contribution in [3.63, 3.8) is 0 Å². The Morgan fingerprint density at radius 1 is 1.06 bits per heavy atom. The van der Waals surface area contributed by atoms with Crippen LogP contribution in [0.2, 0.25) is 19.6 Å². The molecule has 0 unspecified atom stereocenters. The summed E-state index contributed by atoms with van der Waals surface area (Å²) in [5, 5.41) is 0. The fraction of sp³-hybridized carbons (Fsp3) is 0.375. The van der Waals surface area contributed by atoms with Gasteiger partial charge in [-0.05, 0) is 49.7 Å². The molecule has 0 fully saturated rings. The maximum Gasteiger partial charge on any atom is 0.241 e. The normalized spacial score (nSPS) is 18.6. The number of allylic oxidation sites excluding steroid dienone is 3. The van der Waals surface area contributed by atoms with Gasteiger partial charge < -0.3 is 4.43 Å². The van der Waals surface area contributed by atoms with E-state index in [1.807, 2.05) is 0 Å². The molecule has 0 aromatic heterocycles. The third-order valence-corrected chi connectivity index (χ3v) is 3.70. The zero-order chi connectivity index (χ0) is 13.0. The van der Waals surface area contributed by atoms with Gasteiger partial charge in [0.25, 0.3) is 0 Å². The Morgan fingerprint density at radius 3 is 2.44 bits per heavy atom. The van der Waals surface area contributed by atoms with Crippen molar-refractivity contribution in [3.8, 4) is 0 Å². The van der Waals surface area contributed by atoms with Gasteiger partial charge in [-0.3, -0.25) is 0 Å². The van der Waals surface area contributed by atoms with Gasteiger partial charge >= 0.3 is 0 Å². The molecule has 1 aromatic carbocycles. The van der Waals surface area contributed by atoms with Crippen molar-refractivity contribution in [1.82, 2.24) is 0 Å². The molecule has 1 aliphatic rings. The maximum atomic E-state index is 6.11. The lowest BCUT2D eigenvalue weighted by molar-refractivity contribution is 0.389. The van der Waals surface area contributed by atoms with E-state index in [1.54, 1.807) is 0 Å². The topological polar surface area (TPSA) is 9.23 Å². The molecule has 96 valence electrons. The highest BCUT2D eigenvalue weighted by molar-refractivity contribution is 6.70. The van der Waals surface area contributed by atoms with E-state index < -0.39 is 8.32 Å². The van der Waals surface area contributed by atoms with Crippen molar-refractivity contribution in [2.24, 2.45) is 0 Å². The molecule has 1 aromatic rings. The van der Waals surface area contributed by atoms with Crippen LogP contribution in [0.5, 0.6) is 0 Å². The first-order valence-electron chi connectivity index (χ1n) is 6.68. The van der Waals surface area contributed by atoms with Crippen molar-refractivity contribution in [3.05, 3.63) is 53.3 Å². The summed E-state index contributed by atoms with van der Waals surface area (Å²) in [6, 6.07) is 10.5. The van der Waals surface area contributed by atoms with Crippen LogP contribution in [0.15, 0.2) is 47.7 Å². The van der Waals surface area contributed by atoms with E-state index in [9.17, 15) is 0 Å². The molecular formula is C16H22OSi. The van der Waals surface area contributed by atoms with Crippen LogP contribution in [-0.2, 0) is 4.43 Å². The summed E-state index contributed by atoms with van der Waals surface area (Å²) in [6.07, 6.45) is 7.97. The maximum absolute atomic E-state index is 6.11. The van der Waals surface area contributed by atoms with Gasteiger partial charge in [0.1, 0.15) is 0 Å². The number of hydrogen-bond donors (Lipinski definition) is 0. The van der Waals surface area contributed by atoms with Gasteiger partial charge in [-0.15, -0.1) is 0 Å². The molecule has 0 N–H and O–H groups in total. The zero-order valence-electron chi connectivity index (χ0n) is 11.6. The standard InChI is InChI=1S/C16H22OSi/c1-18(2,3)17-16-11-7-10-15(13-16)12-14-8-5-4-6-9-14/h4-6,8-9,12-13H,7,10-11H2,1-3H3/b15-12+. The lowest BCUT2D eigenvalue weighted by Crippen LogP contribution is -2.25. The third kappa shape index (κ3) is 4.19. The molecule has 0 amide bonds.